The number of nitrogens with zero attached hydrogens (tertiary/aromatic N) is 1. The maximum atomic E-state index is 11.1. The Bertz CT molecular complexity index is 396. The summed E-state index contributed by atoms with van der Waals surface area (Å²) in [6.45, 7) is 3.40. The number of anilines is 1. The van der Waals surface area contributed by atoms with Crippen molar-refractivity contribution >= 4 is 11.4 Å². The van der Waals surface area contributed by atoms with Crippen molar-refractivity contribution in [1.29, 1.82) is 0 Å². The summed E-state index contributed by atoms with van der Waals surface area (Å²) in [5, 5.41) is 14.1. The molecule has 100 valence electrons. The molecule has 0 aliphatic heterocycles. The van der Waals surface area contributed by atoms with Crippen molar-refractivity contribution in [2.45, 2.75) is 13.3 Å². The Morgan fingerprint density at radius 2 is 2.17 bits per heavy atom. The molecule has 1 aromatic carbocycles. The predicted molar refractivity (Wildman–Crippen MR) is 69.2 cm³/mol. The summed E-state index contributed by atoms with van der Waals surface area (Å²) < 4.78 is 10.3. The molecular weight excluding hydrogens is 236 g/mol. The number of hydrogen-bond donors (Lipinski definition) is 1. The van der Waals surface area contributed by atoms with Crippen molar-refractivity contribution in [2.75, 3.05) is 32.2 Å². The van der Waals surface area contributed by atoms with Crippen LogP contribution < -0.4 is 10.1 Å². The second-order valence-electron chi connectivity index (χ2n) is 3.68. The first-order valence-electron chi connectivity index (χ1n) is 5.83. The fraction of sp³-hybridized carbons (Fsp3) is 0.500. The van der Waals surface area contributed by atoms with Crippen LogP contribution in [0.4, 0.5) is 11.4 Å². The molecule has 0 radical (unpaired) electrons. The summed E-state index contributed by atoms with van der Waals surface area (Å²) in [6.07, 6.45) is 0.804. The Morgan fingerprint density at radius 1 is 1.39 bits per heavy atom. The molecule has 0 atom stereocenters. The molecule has 0 aliphatic rings. The van der Waals surface area contributed by atoms with Crippen LogP contribution in [-0.4, -0.2) is 31.8 Å². The lowest BCUT2D eigenvalue weighted by Gasteiger charge is -2.10. The van der Waals surface area contributed by atoms with Gasteiger partial charge in [0.2, 0.25) is 0 Å². The minimum absolute atomic E-state index is 0.0259. The van der Waals surface area contributed by atoms with E-state index in [9.17, 15) is 10.1 Å². The van der Waals surface area contributed by atoms with Crippen LogP contribution in [0, 0.1) is 10.1 Å². The summed E-state index contributed by atoms with van der Waals surface area (Å²) >= 11 is 0. The molecule has 0 bridgehead atoms. The quantitative estimate of drug-likeness (QED) is 0.438. The highest BCUT2D eigenvalue weighted by Gasteiger charge is 2.20. The Kier molecular flexibility index (Phi) is 5.93. The van der Waals surface area contributed by atoms with Crippen molar-refractivity contribution in [3.05, 3.63) is 28.3 Å². The molecule has 0 saturated carbocycles. The van der Waals surface area contributed by atoms with Crippen molar-refractivity contribution in [3.63, 3.8) is 0 Å². The molecule has 6 heteroatoms. The molecule has 0 aromatic heterocycles. The van der Waals surface area contributed by atoms with Gasteiger partial charge in [-0.05, 0) is 18.6 Å². The largest absolute Gasteiger partial charge is 0.487 e. The first-order chi connectivity index (χ1) is 8.70. The zero-order valence-electron chi connectivity index (χ0n) is 10.6. The van der Waals surface area contributed by atoms with Gasteiger partial charge in [-0.3, -0.25) is 10.1 Å². The van der Waals surface area contributed by atoms with Crippen LogP contribution >= 0.6 is 0 Å². The standard InChI is InChI=1S/C12H18N2O4/c1-3-8-18-11-6-4-5-10(12(11)14(15)16)13-7-9-17-2/h4-6,13H,3,7-9H2,1-2H3. The molecule has 0 saturated heterocycles. The van der Waals surface area contributed by atoms with Gasteiger partial charge in [0.1, 0.15) is 5.69 Å². The molecule has 0 unspecified atom stereocenters. The van der Waals surface area contributed by atoms with Crippen LogP contribution in [-0.2, 0) is 4.74 Å². The number of nitro groups is 1. The third-order valence-electron chi connectivity index (χ3n) is 2.26. The van der Waals surface area contributed by atoms with Gasteiger partial charge in [0.05, 0.1) is 18.1 Å². The van der Waals surface area contributed by atoms with E-state index in [0.29, 0.717) is 31.2 Å². The number of ether oxygens (including phenoxy) is 2. The minimum Gasteiger partial charge on any atom is -0.487 e. The van der Waals surface area contributed by atoms with E-state index in [1.54, 1.807) is 25.3 Å². The number of nitro benzene ring substituents is 1. The van der Waals surface area contributed by atoms with Crippen LogP contribution in [0.15, 0.2) is 18.2 Å². The molecule has 0 aliphatic carbocycles. The average Bonchev–Trinajstić information content (AvgIpc) is 2.36. The van der Waals surface area contributed by atoms with Gasteiger partial charge in [-0.1, -0.05) is 13.0 Å². The van der Waals surface area contributed by atoms with E-state index >= 15 is 0 Å². The maximum absolute atomic E-state index is 11.1. The number of methoxy groups -OCH3 is 1. The maximum Gasteiger partial charge on any atom is 0.333 e. The lowest BCUT2D eigenvalue weighted by molar-refractivity contribution is -0.385. The highest BCUT2D eigenvalue weighted by atomic mass is 16.6. The highest BCUT2D eigenvalue weighted by molar-refractivity contribution is 5.68. The van der Waals surface area contributed by atoms with Gasteiger partial charge in [-0.25, -0.2) is 0 Å². The van der Waals surface area contributed by atoms with Crippen molar-refractivity contribution < 1.29 is 14.4 Å². The van der Waals surface area contributed by atoms with Crippen LogP contribution in [0.1, 0.15) is 13.3 Å². The van der Waals surface area contributed by atoms with E-state index in [1.165, 1.54) is 0 Å². The molecule has 1 aromatic rings. The monoisotopic (exact) mass is 254 g/mol. The minimum atomic E-state index is -0.430. The first kappa shape index (κ1) is 14.2. The van der Waals surface area contributed by atoms with Gasteiger partial charge in [0.25, 0.3) is 0 Å². The van der Waals surface area contributed by atoms with Gasteiger partial charge >= 0.3 is 5.69 Å². The van der Waals surface area contributed by atoms with Gasteiger partial charge in [0, 0.05) is 13.7 Å². The molecule has 0 heterocycles. The Hall–Kier alpha value is -1.82. The topological polar surface area (TPSA) is 73.6 Å². The third kappa shape index (κ3) is 3.89. The Morgan fingerprint density at radius 3 is 2.78 bits per heavy atom. The molecular formula is C12H18N2O4. The number of rotatable bonds is 8. The van der Waals surface area contributed by atoms with E-state index in [4.69, 9.17) is 9.47 Å². The second-order valence-corrected chi connectivity index (χ2v) is 3.68. The van der Waals surface area contributed by atoms with Crippen molar-refractivity contribution in [2.24, 2.45) is 0 Å². The van der Waals surface area contributed by atoms with E-state index in [-0.39, 0.29) is 5.69 Å². The number of benzene rings is 1. The fourth-order valence-corrected chi connectivity index (χ4v) is 1.47. The zero-order valence-corrected chi connectivity index (χ0v) is 10.6. The van der Waals surface area contributed by atoms with E-state index < -0.39 is 4.92 Å². The van der Waals surface area contributed by atoms with Gasteiger partial charge in [0.15, 0.2) is 5.75 Å². The lowest BCUT2D eigenvalue weighted by atomic mass is 10.2. The molecule has 0 amide bonds. The van der Waals surface area contributed by atoms with Crippen LogP contribution in [0.3, 0.4) is 0 Å². The van der Waals surface area contributed by atoms with Gasteiger partial charge in [-0.2, -0.15) is 0 Å². The van der Waals surface area contributed by atoms with Gasteiger partial charge < -0.3 is 14.8 Å². The smallest absolute Gasteiger partial charge is 0.333 e. The van der Waals surface area contributed by atoms with E-state index in [0.717, 1.165) is 6.42 Å². The number of hydrogen-bond acceptors (Lipinski definition) is 5. The normalized spacial score (nSPS) is 10.1. The summed E-state index contributed by atoms with van der Waals surface area (Å²) in [5.41, 5.74) is 0.424. The molecule has 1 rings (SSSR count). The van der Waals surface area contributed by atoms with Crippen LogP contribution in [0.5, 0.6) is 5.75 Å². The lowest BCUT2D eigenvalue weighted by Crippen LogP contribution is -2.10. The van der Waals surface area contributed by atoms with Crippen molar-refractivity contribution in [1.82, 2.24) is 0 Å². The second kappa shape index (κ2) is 7.50. The van der Waals surface area contributed by atoms with Gasteiger partial charge in [-0.15, -0.1) is 0 Å². The average molecular weight is 254 g/mol. The highest BCUT2D eigenvalue weighted by Crippen LogP contribution is 2.34. The fourth-order valence-electron chi connectivity index (χ4n) is 1.47. The van der Waals surface area contributed by atoms with Crippen LogP contribution in [0.25, 0.3) is 0 Å². The molecule has 18 heavy (non-hydrogen) atoms. The molecule has 1 N–H and O–H groups in total. The SMILES string of the molecule is CCCOc1cccc(NCCOC)c1[N+](=O)[O-]. The molecule has 0 spiro atoms. The summed E-state index contributed by atoms with van der Waals surface area (Å²) in [4.78, 5) is 10.7. The van der Waals surface area contributed by atoms with E-state index in [2.05, 4.69) is 5.32 Å². The van der Waals surface area contributed by atoms with Crippen molar-refractivity contribution in [3.8, 4) is 5.75 Å². The third-order valence-corrected chi connectivity index (χ3v) is 2.26. The zero-order chi connectivity index (χ0) is 13.4. The summed E-state index contributed by atoms with van der Waals surface area (Å²) in [6, 6.07) is 5.00. The number of para-hydroxylation sites is 1. The number of nitrogens with one attached hydrogen (secondary N) is 1. The summed E-state index contributed by atoms with van der Waals surface area (Å²) in [7, 11) is 1.58. The Balaban J connectivity index is 2.90. The molecule has 6 nitrogen and oxygen atoms in total. The Labute approximate surface area is 106 Å². The first-order valence-corrected chi connectivity index (χ1v) is 5.83. The van der Waals surface area contributed by atoms with Crippen LogP contribution in [0.2, 0.25) is 0 Å². The molecule has 0 fully saturated rings. The predicted octanol–water partition coefficient (Wildman–Crippen LogP) is 2.44. The van der Waals surface area contributed by atoms with E-state index in [1.807, 2.05) is 6.92 Å². The summed E-state index contributed by atoms with van der Waals surface area (Å²) in [5.74, 6) is 0.296.